The molecular formula is C15H16N2O. The Labute approximate surface area is 106 Å². The van der Waals surface area contributed by atoms with Gasteiger partial charge >= 0.3 is 0 Å². The molecule has 1 aromatic carbocycles. The van der Waals surface area contributed by atoms with E-state index in [1.807, 2.05) is 37.3 Å². The number of nitrogens with zero attached hydrogens (tertiary/aromatic N) is 1. The van der Waals surface area contributed by atoms with Crippen molar-refractivity contribution in [2.75, 3.05) is 0 Å². The lowest BCUT2D eigenvalue weighted by Crippen LogP contribution is -2.25. The van der Waals surface area contributed by atoms with E-state index in [1.54, 1.807) is 12.4 Å². The van der Waals surface area contributed by atoms with Crippen LogP contribution in [0, 0.1) is 6.92 Å². The van der Waals surface area contributed by atoms with Crippen molar-refractivity contribution in [1.29, 1.82) is 0 Å². The zero-order valence-corrected chi connectivity index (χ0v) is 10.3. The van der Waals surface area contributed by atoms with Gasteiger partial charge in [-0.1, -0.05) is 24.3 Å². The standard InChI is InChI=1S/C15H16N2O/c1-10-6-11(9-17-8-10)15(18)7-14(16)12-4-2-3-5-13(12)15/h2-6,8-9,14,18H,7,16H2,1H3. The monoisotopic (exact) mass is 240 g/mol. The van der Waals surface area contributed by atoms with Gasteiger partial charge in [-0.25, -0.2) is 0 Å². The summed E-state index contributed by atoms with van der Waals surface area (Å²) in [6.07, 6.45) is 4.02. The Morgan fingerprint density at radius 3 is 2.89 bits per heavy atom. The zero-order valence-electron chi connectivity index (χ0n) is 10.3. The van der Waals surface area contributed by atoms with Crippen molar-refractivity contribution in [2.45, 2.75) is 25.0 Å². The van der Waals surface area contributed by atoms with Gasteiger partial charge in [-0.15, -0.1) is 0 Å². The lowest BCUT2D eigenvalue weighted by Gasteiger charge is -2.24. The van der Waals surface area contributed by atoms with Crippen LogP contribution >= 0.6 is 0 Å². The lowest BCUT2D eigenvalue weighted by molar-refractivity contribution is 0.0772. The van der Waals surface area contributed by atoms with E-state index < -0.39 is 5.60 Å². The molecule has 2 atom stereocenters. The summed E-state index contributed by atoms with van der Waals surface area (Å²) >= 11 is 0. The van der Waals surface area contributed by atoms with E-state index >= 15 is 0 Å². The first kappa shape index (κ1) is 11.4. The van der Waals surface area contributed by atoms with Crippen LogP contribution in [0.2, 0.25) is 0 Å². The number of hydrogen-bond donors (Lipinski definition) is 2. The Morgan fingerprint density at radius 2 is 2.11 bits per heavy atom. The maximum Gasteiger partial charge on any atom is 0.118 e. The first-order valence-corrected chi connectivity index (χ1v) is 6.11. The molecule has 0 radical (unpaired) electrons. The van der Waals surface area contributed by atoms with Crippen LogP contribution in [-0.4, -0.2) is 10.1 Å². The number of rotatable bonds is 1. The van der Waals surface area contributed by atoms with Crippen molar-refractivity contribution in [3.05, 3.63) is 65.0 Å². The number of nitrogens with two attached hydrogens (primary N) is 1. The van der Waals surface area contributed by atoms with Gasteiger partial charge in [0.25, 0.3) is 0 Å². The average molecular weight is 240 g/mol. The maximum atomic E-state index is 11.0. The second-order valence-corrected chi connectivity index (χ2v) is 5.01. The summed E-state index contributed by atoms with van der Waals surface area (Å²) in [5, 5.41) is 11.0. The first-order valence-electron chi connectivity index (χ1n) is 6.11. The highest BCUT2D eigenvalue weighted by Crippen LogP contribution is 2.45. The molecule has 1 aliphatic carbocycles. The van der Waals surface area contributed by atoms with Crippen molar-refractivity contribution < 1.29 is 5.11 Å². The van der Waals surface area contributed by atoms with E-state index in [2.05, 4.69) is 4.98 Å². The smallest absolute Gasteiger partial charge is 0.118 e. The molecule has 3 nitrogen and oxygen atoms in total. The van der Waals surface area contributed by atoms with E-state index in [0.29, 0.717) is 6.42 Å². The number of pyridine rings is 1. The Hall–Kier alpha value is -1.71. The third kappa shape index (κ3) is 1.55. The minimum absolute atomic E-state index is 0.119. The Morgan fingerprint density at radius 1 is 1.33 bits per heavy atom. The number of aryl methyl sites for hydroxylation is 1. The maximum absolute atomic E-state index is 11.0. The Kier molecular flexibility index (Phi) is 2.47. The van der Waals surface area contributed by atoms with Crippen LogP contribution in [0.4, 0.5) is 0 Å². The molecule has 1 heterocycles. The molecule has 1 aromatic heterocycles. The molecule has 0 aliphatic heterocycles. The van der Waals surface area contributed by atoms with Crippen molar-refractivity contribution >= 4 is 0 Å². The Bertz CT molecular complexity index is 597. The summed E-state index contributed by atoms with van der Waals surface area (Å²) in [7, 11) is 0. The molecule has 3 rings (SSSR count). The number of aromatic nitrogens is 1. The van der Waals surface area contributed by atoms with Crippen LogP contribution in [0.15, 0.2) is 42.7 Å². The number of hydrogen-bond acceptors (Lipinski definition) is 3. The Balaban J connectivity index is 2.18. The fourth-order valence-corrected chi connectivity index (χ4v) is 2.79. The highest BCUT2D eigenvalue weighted by atomic mass is 16.3. The van der Waals surface area contributed by atoms with Crippen molar-refractivity contribution in [3.8, 4) is 0 Å². The van der Waals surface area contributed by atoms with Gasteiger partial charge in [0.2, 0.25) is 0 Å². The van der Waals surface area contributed by atoms with Gasteiger partial charge in [-0.2, -0.15) is 0 Å². The molecule has 2 aromatic rings. The van der Waals surface area contributed by atoms with Gasteiger partial charge in [-0.3, -0.25) is 4.98 Å². The van der Waals surface area contributed by atoms with E-state index in [-0.39, 0.29) is 6.04 Å². The average Bonchev–Trinajstić information content (AvgIpc) is 2.64. The largest absolute Gasteiger partial charge is 0.380 e. The van der Waals surface area contributed by atoms with Crippen molar-refractivity contribution in [3.63, 3.8) is 0 Å². The highest BCUT2D eigenvalue weighted by Gasteiger charge is 2.42. The molecule has 0 amide bonds. The van der Waals surface area contributed by atoms with Crippen LogP contribution in [0.5, 0.6) is 0 Å². The second-order valence-electron chi connectivity index (χ2n) is 5.01. The number of fused-ring (bicyclic) bond motifs is 1. The highest BCUT2D eigenvalue weighted by molar-refractivity contribution is 5.46. The van der Waals surface area contributed by atoms with Gasteiger partial charge in [0.05, 0.1) is 0 Å². The summed E-state index contributed by atoms with van der Waals surface area (Å²) in [6.45, 7) is 1.97. The summed E-state index contributed by atoms with van der Waals surface area (Å²) < 4.78 is 0. The zero-order chi connectivity index (χ0) is 12.8. The predicted molar refractivity (Wildman–Crippen MR) is 70.0 cm³/mol. The summed E-state index contributed by atoms with van der Waals surface area (Å²) in [6, 6.07) is 9.68. The lowest BCUT2D eigenvalue weighted by atomic mass is 9.88. The second kappa shape index (κ2) is 3.90. The van der Waals surface area contributed by atoms with Crippen LogP contribution in [-0.2, 0) is 5.60 Å². The van der Waals surface area contributed by atoms with Crippen LogP contribution in [0.1, 0.15) is 34.7 Å². The van der Waals surface area contributed by atoms with E-state index in [0.717, 1.165) is 22.3 Å². The predicted octanol–water partition coefficient (Wildman–Crippen LogP) is 2.03. The summed E-state index contributed by atoms with van der Waals surface area (Å²) in [5.74, 6) is 0. The van der Waals surface area contributed by atoms with Gasteiger partial charge in [-0.05, 0) is 29.7 Å². The SMILES string of the molecule is Cc1cncc(C2(O)CC(N)c3ccccc32)c1. The van der Waals surface area contributed by atoms with Crippen LogP contribution in [0.3, 0.4) is 0 Å². The fraction of sp³-hybridized carbons (Fsp3) is 0.267. The molecule has 92 valence electrons. The minimum atomic E-state index is -1.00. The molecule has 1 aliphatic rings. The molecule has 3 heteroatoms. The molecule has 3 N–H and O–H groups in total. The molecule has 18 heavy (non-hydrogen) atoms. The van der Waals surface area contributed by atoms with Gasteiger partial charge in [0.15, 0.2) is 0 Å². The van der Waals surface area contributed by atoms with E-state index in [9.17, 15) is 5.11 Å². The summed E-state index contributed by atoms with van der Waals surface area (Å²) in [5.41, 5.74) is 8.91. The third-order valence-corrected chi connectivity index (χ3v) is 3.67. The van der Waals surface area contributed by atoms with Crippen LogP contribution in [0.25, 0.3) is 0 Å². The topological polar surface area (TPSA) is 59.1 Å². The molecule has 0 saturated carbocycles. The third-order valence-electron chi connectivity index (χ3n) is 3.67. The minimum Gasteiger partial charge on any atom is -0.380 e. The molecule has 0 bridgehead atoms. The summed E-state index contributed by atoms with van der Waals surface area (Å²) in [4.78, 5) is 4.17. The fourth-order valence-electron chi connectivity index (χ4n) is 2.79. The normalized spacial score (nSPS) is 26.1. The number of benzene rings is 1. The molecule has 0 spiro atoms. The molecule has 0 fully saturated rings. The van der Waals surface area contributed by atoms with E-state index in [1.165, 1.54) is 0 Å². The quantitative estimate of drug-likeness (QED) is 0.801. The van der Waals surface area contributed by atoms with Crippen molar-refractivity contribution in [2.24, 2.45) is 5.73 Å². The van der Waals surface area contributed by atoms with Crippen molar-refractivity contribution in [1.82, 2.24) is 4.98 Å². The van der Waals surface area contributed by atoms with Gasteiger partial charge in [0.1, 0.15) is 5.60 Å². The van der Waals surface area contributed by atoms with Crippen LogP contribution < -0.4 is 5.73 Å². The van der Waals surface area contributed by atoms with Gasteiger partial charge in [0, 0.05) is 30.4 Å². The molecule has 0 saturated heterocycles. The van der Waals surface area contributed by atoms with Gasteiger partial charge < -0.3 is 10.8 Å². The molecule has 2 unspecified atom stereocenters. The van der Waals surface area contributed by atoms with E-state index in [4.69, 9.17) is 5.73 Å². The first-order chi connectivity index (χ1) is 8.61. The number of aliphatic hydroxyl groups is 1. The molecular weight excluding hydrogens is 224 g/mol.